The van der Waals surface area contributed by atoms with Crippen molar-refractivity contribution < 1.29 is 14.3 Å². The summed E-state index contributed by atoms with van der Waals surface area (Å²) in [6.07, 6.45) is 0.294. The molecule has 0 unspecified atom stereocenters. The molecule has 0 fully saturated rings. The van der Waals surface area contributed by atoms with Gasteiger partial charge >= 0.3 is 6.03 Å². The first-order chi connectivity index (χ1) is 8.27. The largest absolute Gasteiger partial charge is 0.394 e. The van der Waals surface area contributed by atoms with Crippen molar-refractivity contribution in [1.82, 2.24) is 10.6 Å². The van der Waals surface area contributed by atoms with Crippen molar-refractivity contribution in [2.24, 2.45) is 0 Å². The van der Waals surface area contributed by atoms with Gasteiger partial charge in [-0.3, -0.25) is 4.39 Å². The van der Waals surface area contributed by atoms with E-state index in [1.54, 1.807) is 0 Å². The van der Waals surface area contributed by atoms with Gasteiger partial charge in [0.05, 0.1) is 19.3 Å². The topological polar surface area (TPSA) is 61.4 Å². The van der Waals surface area contributed by atoms with Crippen molar-refractivity contribution in [3.63, 3.8) is 0 Å². The van der Waals surface area contributed by atoms with E-state index in [4.69, 9.17) is 0 Å². The molecule has 1 aromatic carbocycles. The van der Waals surface area contributed by atoms with Crippen LogP contribution in [0.4, 0.5) is 9.18 Å². The standard InChI is InChI=1S/C12H17FN2O2/c13-7-4-8-14-12(17)15-11(9-16)10-5-2-1-3-6-10/h1-3,5-6,11,16H,4,7-9H2,(H2,14,15,17)/t11-/m0/s1. The van der Waals surface area contributed by atoms with Crippen LogP contribution in [-0.2, 0) is 0 Å². The molecule has 0 radical (unpaired) electrons. The number of carbonyl (C=O) groups excluding carboxylic acids is 1. The number of benzene rings is 1. The average Bonchev–Trinajstić information content (AvgIpc) is 2.37. The molecule has 3 N–H and O–H groups in total. The molecule has 0 aliphatic heterocycles. The van der Waals surface area contributed by atoms with Gasteiger partial charge in [-0.25, -0.2) is 4.79 Å². The summed E-state index contributed by atoms with van der Waals surface area (Å²) in [4.78, 5) is 11.4. The summed E-state index contributed by atoms with van der Waals surface area (Å²) >= 11 is 0. The van der Waals surface area contributed by atoms with Gasteiger partial charge in [-0.05, 0) is 12.0 Å². The highest BCUT2D eigenvalue weighted by Gasteiger charge is 2.12. The summed E-state index contributed by atoms with van der Waals surface area (Å²) in [5, 5.41) is 14.3. The minimum atomic E-state index is -0.456. The maximum absolute atomic E-state index is 11.8. The summed E-state index contributed by atoms with van der Waals surface area (Å²) < 4.78 is 11.8. The van der Waals surface area contributed by atoms with Gasteiger partial charge in [-0.2, -0.15) is 0 Å². The van der Waals surface area contributed by atoms with E-state index in [0.717, 1.165) is 5.56 Å². The van der Waals surface area contributed by atoms with Gasteiger partial charge in [0.2, 0.25) is 0 Å². The van der Waals surface area contributed by atoms with Gasteiger partial charge in [0.25, 0.3) is 0 Å². The first-order valence-corrected chi connectivity index (χ1v) is 5.54. The summed E-state index contributed by atoms with van der Waals surface area (Å²) in [6, 6.07) is 8.33. The highest BCUT2D eigenvalue weighted by molar-refractivity contribution is 5.74. The monoisotopic (exact) mass is 240 g/mol. The molecule has 4 nitrogen and oxygen atoms in total. The number of aliphatic hydroxyl groups excluding tert-OH is 1. The van der Waals surface area contributed by atoms with E-state index in [9.17, 15) is 14.3 Å². The molecule has 5 heteroatoms. The maximum atomic E-state index is 11.8. The second kappa shape index (κ2) is 7.62. The highest BCUT2D eigenvalue weighted by atomic mass is 19.1. The Bertz CT molecular complexity index is 333. The number of hydrogen-bond acceptors (Lipinski definition) is 2. The van der Waals surface area contributed by atoms with E-state index in [2.05, 4.69) is 10.6 Å². The third-order valence-corrected chi connectivity index (χ3v) is 2.29. The van der Waals surface area contributed by atoms with E-state index in [-0.39, 0.29) is 13.2 Å². The number of amides is 2. The minimum Gasteiger partial charge on any atom is -0.394 e. The number of halogens is 1. The molecule has 0 bridgehead atoms. The predicted octanol–water partition coefficient (Wildman–Crippen LogP) is 1.38. The number of urea groups is 1. The van der Waals surface area contributed by atoms with E-state index in [1.807, 2.05) is 30.3 Å². The Balaban J connectivity index is 2.44. The van der Waals surface area contributed by atoms with Crippen LogP contribution in [0, 0.1) is 0 Å². The summed E-state index contributed by atoms with van der Waals surface area (Å²) in [6.45, 7) is -0.349. The molecule has 1 atom stereocenters. The predicted molar refractivity (Wildman–Crippen MR) is 63.4 cm³/mol. The molecular formula is C12H17FN2O2. The highest BCUT2D eigenvalue weighted by Crippen LogP contribution is 2.10. The summed E-state index contributed by atoms with van der Waals surface area (Å²) in [7, 11) is 0. The van der Waals surface area contributed by atoms with Gasteiger partial charge in [0, 0.05) is 6.54 Å². The Kier molecular flexibility index (Phi) is 6.03. The average molecular weight is 240 g/mol. The Hall–Kier alpha value is -1.62. The number of alkyl halides is 1. The molecule has 0 saturated carbocycles. The lowest BCUT2D eigenvalue weighted by atomic mass is 10.1. The van der Waals surface area contributed by atoms with Gasteiger partial charge in [0.1, 0.15) is 0 Å². The lowest BCUT2D eigenvalue weighted by Gasteiger charge is -2.17. The fraction of sp³-hybridized carbons (Fsp3) is 0.417. The van der Waals surface area contributed by atoms with Crippen LogP contribution in [0.2, 0.25) is 0 Å². The third kappa shape index (κ3) is 4.82. The third-order valence-electron chi connectivity index (χ3n) is 2.29. The zero-order valence-electron chi connectivity index (χ0n) is 9.53. The quantitative estimate of drug-likeness (QED) is 0.658. The number of aliphatic hydroxyl groups is 1. The van der Waals surface area contributed by atoms with Crippen molar-refractivity contribution in [2.75, 3.05) is 19.8 Å². The van der Waals surface area contributed by atoms with Gasteiger partial charge in [-0.1, -0.05) is 30.3 Å². The van der Waals surface area contributed by atoms with Gasteiger partial charge in [0.15, 0.2) is 0 Å². The molecule has 1 rings (SSSR count). The zero-order chi connectivity index (χ0) is 12.5. The van der Waals surface area contributed by atoms with Crippen molar-refractivity contribution in [3.8, 4) is 0 Å². The smallest absolute Gasteiger partial charge is 0.315 e. The van der Waals surface area contributed by atoms with Crippen LogP contribution >= 0.6 is 0 Å². The van der Waals surface area contributed by atoms with E-state index in [1.165, 1.54) is 0 Å². The first kappa shape index (κ1) is 13.4. The van der Waals surface area contributed by atoms with E-state index in [0.29, 0.717) is 6.42 Å². The van der Waals surface area contributed by atoms with E-state index < -0.39 is 18.7 Å². The second-order valence-electron chi connectivity index (χ2n) is 3.59. The van der Waals surface area contributed by atoms with Gasteiger partial charge < -0.3 is 15.7 Å². The molecule has 0 heterocycles. The molecule has 1 aromatic rings. The molecular weight excluding hydrogens is 223 g/mol. The van der Waals surface area contributed by atoms with Crippen molar-refractivity contribution in [2.45, 2.75) is 12.5 Å². The molecule has 17 heavy (non-hydrogen) atoms. The Labute approximate surface area is 99.8 Å². The molecule has 0 aromatic heterocycles. The lowest BCUT2D eigenvalue weighted by molar-refractivity contribution is 0.216. The number of hydrogen-bond donors (Lipinski definition) is 3. The molecule has 2 amide bonds. The molecule has 0 aliphatic rings. The maximum Gasteiger partial charge on any atom is 0.315 e. The van der Waals surface area contributed by atoms with Crippen LogP contribution in [0.25, 0.3) is 0 Å². The summed E-state index contributed by atoms with van der Waals surface area (Å²) in [5.74, 6) is 0. The summed E-state index contributed by atoms with van der Waals surface area (Å²) in [5.41, 5.74) is 0.829. The Morgan fingerprint density at radius 1 is 1.35 bits per heavy atom. The molecule has 0 aliphatic carbocycles. The lowest BCUT2D eigenvalue weighted by Crippen LogP contribution is -2.39. The number of rotatable bonds is 6. The van der Waals surface area contributed by atoms with Crippen LogP contribution in [0.3, 0.4) is 0 Å². The fourth-order valence-electron chi connectivity index (χ4n) is 1.40. The van der Waals surface area contributed by atoms with Crippen molar-refractivity contribution in [3.05, 3.63) is 35.9 Å². The van der Waals surface area contributed by atoms with Crippen LogP contribution in [-0.4, -0.2) is 31.0 Å². The minimum absolute atomic E-state index is 0.180. The molecule has 0 saturated heterocycles. The number of nitrogens with one attached hydrogen (secondary N) is 2. The normalized spacial score (nSPS) is 11.9. The number of carbonyl (C=O) groups is 1. The molecule has 0 spiro atoms. The second-order valence-corrected chi connectivity index (χ2v) is 3.59. The first-order valence-electron chi connectivity index (χ1n) is 5.54. The fourth-order valence-corrected chi connectivity index (χ4v) is 1.40. The van der Waals surface area contributed by atoms with Crippen LogP contribution in [0.5, 0.6) is 0 Å². The van der Waals surface area contributed by atoms with Crippen molar-refractivity contribution in [1.29, 1.82) is 0 Å². The van der Waals surface area contributed by atoms with Crippen LogP contribution in [0.1, 0.15) is 18.0 Å². The SMILES string of the molecule is O=C(NCCCF)N[C@@H](CO)c1ccccc1. The Morgan fingerprint density at radius 3 is 2.65 bits per heavy atom. The zero-order valence-corrected chi connectivity index (χ0v) is 9.53. The van der Waals surface area contributed by atoms with Crippen LogP contribution < -0.4 is 10.6 Å². The van der Waals surface area contributed by atoms with E-state index >= 15 is 0 Å². The van der Waals surface area contributed by atoms with Gasteiger partial charge in [-0.15, -0.1) is 0 Å². The Morgan fingerprint density at radius 2 is 2.06 bits per heavy atom. The van der Waals surface area contributed by atoms with Crippen LogP contribution in [0.15, 0.2) is 30.3 Å². The molecule has 94 valence electrons. The van der Waals surface area contributed by atoms with Crippen molar-refractivity contribution >= 4 is 6.03 Å².